The molecule has 5 heteroatoms. The number of carbonyl (C=O) groups is 1. The minimum absolute atomic E-state index is 0.220. The summed E-state index contributed by atoms with van der Waals surface area (Å²) in [6.07, 6.45) is 0.835. The zero-order valence-electron chi connectivity index (χ0n) is 10.1. The van der Waals surface area contributed by atoms with Crippen molar-refractivity contribution in [1.29, 1.82) is 0 Å². The van der Waals surface area contributed by atoms with Crippen LogP contribution in [0.5, 0.6) is 11.5 Å². The molecule has 0 spiro atoms. The van der Waals surface area contributed by atoms with E-state index in [4.69, 9.17) is 14.9 Å². The predicted octanol–water partition coefficient (Wildman–Crippen LogP) is 2.16. The van der Waals surface area contributed by atoms with Gasteiger partial charge in [0, 0.05) is 13.1 Å². The monoisotopic (exact) mass is 251 g/mol. The fourth-order valence-electron chi connectivity index (χ4n) is 2.05. The van der Waals surface area contributed by atoms with Gasteiger partial charge in [0.1, 0.15) is 11.5 Å². The molecule has 1 amide bonds. The Morgan fingerprint density at radius 1 is 1.28 bits per heavy atom. The topological polar surface area (TPSA) is 70.0 Å². The largest absolute Gasteiger partial charge is 0.508 e. The Bertz CT molecular complexity index is 396. The number of benzene rings is 1. The number of amides is 1. The van der Waals surface area contributed by atoms with Crippen LogP contribution in [0.2, 0.25) is 0 Å². The quantitative estimate of drug-likeness (QED) is 0.863. The van der Waals surface area contributed by atoms with Crippen molar-refractivity contribution in [3.63, 3.8) is 0 Å². The van der Waals surface area contributed by atoms with Crippen LogP contribution in [0, 0.1) is 5.92 Å². The Morgan fingerprint density at radius 2 is 1.89 bits per heavy atom. The maximum absolute atomic E-state index is 10.7. The molecule has 0 unspecified atom stereocenters. The zero-order valence-corrected chi connectivity index (χ0v) is 10.1. The van der Waals surface area contributed by atoms with Crippen LogP contribution in [-0.4, -0.2) is 40.9 Å². The molecule has 1 aliphatic heterocycles. The Hall–Kier alpha value is -1.91. The lowest BCUT2D eigenvalue weighted by Gasteiger charge is -2.29. The molecule has 1 aliphatic rings. The second kappa shape index (κ2) is 5.62. The lowest BCUT2D eigenvalue weighted by molar-refractivity contribution is 0.111. The molecule has 2 rings (SSSR count). The highest BCUT2D eigenvalue weighted by atomic mass is 16.5. The summed E-state index contributed by atoms with van der Waals surface area (Å²) in [5.41, 5.74) is 0. The number of likely N-dealkylation sites (tertiary alicyclic amines) is 1. The van der Waals surface area contributed by atoms with Crippen molar-refractivity contribution in [2.24, 2.45) is 5.92 Å². The maximum Gasteiger partial charge on any atom is 0.407 e. The van der Waals surface area contributed by atoms with Crippen LogP contribution in [0.3, 0.4) is 0 Å². The Kier molecular flexibility index (Phi) is 3.92. The van der Waals surface area contributed by atoms with E-state index in [1.165, 1.54) is 4.90 Å². The van der Waals surface area contributed by atoms with Crippen LogP contribution in [0.1, 0.15) is 12.8 Å². The van der Waals surface area contributed by atoms with Crippen LogP contribution in [0.25, 0.3) is 0 Å². The average Bonchev–Trinajstić information content (AvgIpc) is 2.38. The number of aromatic hydroxyl groups is 1. The summed E-state index contributed by atoms with van der Waals surface area (Å²) in [4.78, 5) is 12.2. The van der Waals surface area contributed by atoms with E-state index in [1.807, 2.05) is 0 Å². The molecule has 98 valence electrons. The molecule has 0 bridgehead atoms. The molecule has 0 radical (unpaired) electrons. The fourth-order valence-corrected chi connectivity index (χ4v) is 2.05. The fraction of sp³-hybridized carbons (Fsp3) is 0.462. The van der Waals surface area contributed by atoms with Crippen molar-refractivity contribution in [3.8, 4) is 11.5 Å². The Morgan fingerprint density at radius 3 is 2.44 bits per heavy atom. The third-order valence-corrected chi connectivity index (χ3v) is 3.21. The van der Waals surface area contributed by atoms with Gasteiger partial charge in [0.15, 0.2) is 0 Å². The molecular formula is C13H17NO4. The van der Waals surface area contributed by atoms with Gasteiger partial charge in [-0.1, -0.05) is 0 Å². The molecule has 18 heavy (non-hydrogen) atoms. The number of carboxylic acid groups (broad SMARTS) is 1. The highest BCUT2D eigenvalue weighted by Gasteiger charge is 2.22. The van der Waals surface area contributed by atoms with Crippen LogP contribution in [0.15, 0.2) is 24.3 Å². The molecule has 2 N–H and O–H groups in total. The van der Waals surface area contributed by atoms with Crippen molar-refractivity contribution < 1.29 is 19.7 Å². The Labute approximate surface area is 106 Å². The van der Waals surface area contributed by atoms with Crippen LogP contribution < -0.4 is 4.74 Å². The van der Waals surface area contributed by atoms with Crippen LogP contribution in [-0.2, 0) is 0 Å². The normalized spacial score (nSPS) is 16.6. The summed E-state index contributed by atoms with van der Waals surface area (Å²) >= 11 is 0. The van der Waals surface area contributed by atoms with Crippen molar-refractivity contribution in [1.82, 2.24) is 4.90 Å². The molecule has 0 atom stereocenters. The van der Waals surface area contributed by atoms with E-state index in [0.717, 1.165) is 18.6 Å². The van der Waals surface area contributed by atoms with Gasteiger partial charge in [-0.2, -0.15) is 0 Å². The van der Waals surface area contributed by atoms with E-state index < -0.39 is 6.09 Å². The first-order valence-corrected chi connectivity index (χ1v) is 6.05. The SMILES string of the molecule is O=C(O)N1CCC(COc2ccc(O)cc2)CC1. The van der Waals surface area contributed by atoms with E-state index >= 15 is 0 Å². The van der Waals surface area contributed by atoms with Gasteiger partial charge < -0.3 is 19.8 Å². The molecular weight excluding hydrogens is 234 g/mol. The van der Waals surface area contributed by atoms with E-state index in [2.05, 4.69) is 0 Å². The van der Waals surface area contributed by atoms with Gasteiger partial charge in [0.25, 0.3) is 0 Å². The predicted molar refractivity (Wildman–Crippen MR) is 65.9 cm³/mol. The number of phenolic OH excluding ortho intramolecular Hbond substituents is 1. The number of nitrogens with zero attached hydrogens (tertiary/aromatic N) is 1. The highest BCUT2D eigenvalue weighted by molar-refractivity contribution is 5.64. The molecule has 1 saturated heterocycles. The number of piperidine rings is 1. The van der Waals surface area contributed by atoms with Crippen LogP contribution in [0.4, 0.5) is 4.79 Å². The number of ether oxygens (including phenoxy) is 1. The molecule has 1 aromatic rings. The second-order valence-corrected chi connectivity index (χ2v) is 4.52. The highest BCUT2D eigenvalue weighted by Crippen LogP contribution is 2.20. The van der Waals surface area contributed by atoms with Crippen molar-refractivity contribution in [2.75, 3.05) is 19.7 Å². The van der Waals surface area contributed by atoms with Crippen molar-refractivity contribution in [3.05, 3.63) is 24.3 Å². The van der Waals surface area contributed by atoms with Gasteiger partial charge >= 0.3 is 6.09 Å². The lowest BCUT2D eigenvalue weighted by Crippen LogP contribution is -2.38. The summed E-state index contributed by atoms with van der Waals surface area (Å²) in [7, 11) is 0. The number of hydrogen-bond acceptors (Lipinski definition) is 3. The molecule has 0 aromatic heterocycles. The maximum atomic E-state index is 10.7. The van der Waals surface area contributed by atoms with Gasteiger partial charge in [-0.3, -0.25) is 0 Å². The third kappa shape index (κ3) is 3.29. The van der Waals surface area contributed by atoms with E-state index in [-0.39, 0.29) is 5.75 Å². The van der Waals surface area contributed by atoms with Crippen LogP contribution >= 0.6 is 0 Å². The summed E-state index contributed by atoms with van der Waals surface area (Å²) in [6.45, 7) is 1.76. The first-order chi connectivity index (χ1) is 8.65. The average molecular weight is 251 g/mol. The minimum Gasteiger partial charge on any atom is -0.508 e. The summed E-state index contributed by atoms with van der Waals surface area (Å²) < 4.78 is 5.62. The van der Waals surface area contributed by atoms with Gasteiger partial charge in [-0.15, -0.1) is 0 Å². The molecule has 1 fully saturated rings. The first-order valence-electron chi connectivity index (χ1n) is 6.05. The molecule has 5 nitrogen and oxygen atoms in total. The van der Waals surface area contributed by atoms with Gasteiger partial charge in [0.2, 0.25) is 0 Å². The molecule has 1 heterocycles. The summed E-state index contributed by atoms with van der Waals surface area (Å²) in [5, 5.41) is 18.0. The zero-order chi connectivity index (χ0) is 13.0. The van der Waals surface area contributed by atoms with Gasteiger partial charge in [-0.25, -0.2) is 4.79 Å². The minimum atomic E-state index is -0.840. The van der Waals surface area contributed by atoms with E-state index in [0.29, 0.717) is 25.6 Å². The molecule has 1 aromatic carbocycles. The first kappa shape index (κ1) is 12.5. The Balaban J connectivity index is 1.75. The van der Waals surface area contributed by atoms with Gasteiger partial charge in [0.05, 0.1) is 6.61 Å². The van der Waals surface area contributed by atoms with E-state index in [1.54, 1.807) is 24.3 Å². The number of hydrogen-bond donors (Lipinski definition) is 2. The van der Waals surface area contributed by atoms with Crippen molar-refractivity contribution >= 4 is 6.09 Å². The van der Waals surface area contributed by atoms with Crippen molar-refractivity contribution in [2.45, 2.75) is 12.8 Å². The smallest absolute Gasteiger partial charge is 0.407 e. The summed E-state index contributed by atoms with van der Waals surface area (Å²) in [6, 6.07) is 6.62. The molecule has 0 saturated carbocycles. The standard InChI is InChI=1S/C13H17NO4/c15-11-1-3-12(4-2-11)18-9-10-5-7-14(8-6-10)13(16)17/h1-4,10,15H,5-9H2,(H,16,17). The van der Waals surface area contributed by atoms with E-state index in [9.17, 15) is 4.79 Å². The lowest BCUT2D eigenvalue weighted by atomic mass is 9.98. The summed E-state index contributed by atoms with van der Waals surface area (Å²) in [5.74, 6) is 1.35. The number of phenols is 1. The molecule has 0 aliphatic carbocycles. The van der Waals surface area contributed by atoms with Gasteiger partial charge in [-0.05, 0) is 43.0 Å². The second-order valence-electron chi connectivity index (χ2n) is 4.52. The number of rotatable bonds is 3. The third-order valence-electron chi connectivity index (χ3n) is 3.21.